The predicted octanol–water partition coefficient (Wildman–Crippen LogP) is 1.99. The van der Waals surface area contributed by atoms with Gasteiger partial charge in [0.2, 0.25) is 0 Å². The van der Waals surface area contributed by atoms with E-state index < -0.39 is 8.80 Å². The fourth-order valence-corrected chi connectivity index (χ4v) is 5.04. The van der Waals surface area contributed by atoms with E-state index in [2.05, 4.69) is 0 Å². The van der Waals surface area contributed by atoms with Crippen molar-refractivity contribution in [2.24, 2.45) is 0 Å². The van der Waals surface area contributed by atoms with Crippen LogP contribution in [0.15, 0.2) is 0 Å². The Balaban J connectivity index is 2.19. The van der Waals surface area contributed by atoms with E-state index in [4.69, 9.17) is 0 Å². The van der Waals surface area contributed by atoms with Crippen molar-refractivity contribution >= 4 is 14.6 Å². The highest BCUT2D eigenvalue weighted by atomic mass is 28.3. The molecule has 1 heterocycles. The summed E-state index contributed by atoms with van der Waals surface area (Å²) in [6, 6.07) is 3.83. The van der Waals surface area contributed by atoms with Gasteiger partial charge in [-0.2, -0.15) is 0 Å². The fraction of sp³-hybridized carbons (Fsp3) is 0.875. The van der Waals surface area contributed by atoms with Gasteiger partial charge in [-0.15, -0.1) is 0 Å². The first-order valence-electron chi connectivity index (χ1n) is 4.28. The summed E-state index contributed by atoms with van der Waals surface area (Å²) in [5.74, 6) is 0.429. The molecule has 0 radical (unpaired) electrons. The molecule has 58 valence electrons. The monoisotopic (exact) mass is 156 g/mol. The molecule has 0 N–H and O–H groups in total. The first-order chi connectivity index (χ1) is 4.79. The zero-order valence-electron chi connectivity index (χ0n) is 6.73. The van der Waals surface area contributed by atoms with Crippen LogP contribution in [0.5, 0.6) is 0 Å². The van der Waals surface area contributed by atoms with Crippen molar-refractivity contribution in [3.63, 3.8) is 0 Å². The maximum absolute atomic E-state index is 10.7. The molecule has 0 amide bonds. The largest absolute Gasteiger partial charge is 0.300 e. The average molecular weight is 156 g/mol. The summed E-state index contributed by atoms with van der Waals surface area (Å²) in [5, 5.41) is 0. The number of carbonyl (C=O) groups excluding carboxylic acids is 1. The second-order valence-electron chi connectivity index (χ2n) is 3.41. The van der Waals surface area contributed by atoms with Crippen LogP contribution in [-0.2, 0) is 4.79 Å². The zero-order valence-corrected chi connectivity index (χ0v) is 7.88. The molecule has 0 bridgehead atoms. The van der Waals surface area contributed by atoms with Crippen LogP contribution in [0.4, 0.5) is 0 Å². The van der Waals surface area contributed by atoms with E-state index in [9.17, 15) is 4.79 Å². The van der Waals surface area contributed by atoms with Gasteiger partial charge < -0.3 is 4.79 Å². The van der Waals surface area contributed by atoms with E-state index in [1.54, 1.807) is 6.92 Å². The highest BCUT2D eigenvalue weighted by molar-refractivity contribution is 6.62. The molecule has 1 rings (SSSR count). The van der Waals surface area contributed by atoms with Crippen LogP contribution >= 0.6 is 0 Å². The van der Waals surface area contributed by atoms with Crippen molar-refractivity contribution in [3.8, 4) is 0 Å². The minimum Gasteiger partial charge on any atom is -0.300 e. The van der Waals surface area contributed by atoms with E-state index >= 15 is 0 Å². The van der Waals surface area contributed by atoms with Crippen molar-refractivity contribution in [1.82, 2.24) is 0 Å². The van der Waals surface area contributed by atoms with Gasteiger partial charge in [-0.05, 0) is 13.0 Å². The van der Waals surface area contributed by atoms with Crippen LogP contribution in [0.3, 0.4) is 0 Å². The molecular weight excluding hydrogens is 140 g/mol. The normalized spacial score (nSPS) is 20.9. The molecule has 0 spiro atoms. The fourth-order valence-electron chi connectivity index (χ4n) is 1.80. The van der Waals surface area contributed by atoms with Crippen LogP contribution in [-0.4, -0.2) is 14.6 Å². The molecule has 0 aliphatic carbocycles. The van der Waals surface area contributed by atoms with Crippen molar-refractivity contribution in [3.05, 3.63) is 0 Å². The van der Waals surface area contributed by atoms with Gasteiger partial charge in [-0.25, -0.2) is 0 Å². The van der Waals surface area contributed by atoms with Crippen LogP contribution < -0.4 is 0 Å². The number of Topliss-reactive ketones (excluding diaryl/α,β-unsaturated/α-hetero) is 1. The Kier molecular flexibility index (Phi) is 3.13. The topological polar surface area (TPSA) is 17.1 Å². The van der Waals surface area contributed by atoms with Crippen LogP contribution in [0.1, 0.15) is 26.2 Å². The smallest absolute Gasteiger partial charge is 0.126 e. The Morgan fingerprint density at radius 1 is 1.30 bits per heavy atom. The summed E-state index contributed by atoms with van der Waals surface area (Å²) in [4.78, 5) is 10.7. The molecule has 2 heteroatoms. The van der Waals surface area contributed by atoms with Gasteiger partial charge in [0.1, 0.15) is 5.78 Å². The Labute approximate surface area is 64.4 Å². The lowest BCUT2D eigenvalue weighted by molar-refractivity contribution is -0.115. The maximum atomic E-state index is 10.7. The SMILES string of the molecule is CC(=O)C[SiH]1CCCCC1. The van der Waals surface area contributed by atoms with Gasteiger partial charge in [0.05, 0.1) is 0 Å². The van der Waals surface area contributed by atoms with E-state index in [1.165, 1.54) is 31.4 Å². The molecule has 1 aliphatic rings. The van der Waals surface area contributed by atoms with E-state index in [1.807, 2.05) is 0 Å². The molecule has 1 fully saturated rings. The lowest BCUT2D eigenvalue weighted by atomic mass is 10.3. The second-order valence-corrected chi connectivity index (χ2v) is 6.71. The molecule has 0 unspecified atom stereocenters. The number of hydrogen-bond donors (Lipinski definition) is 0. The number of hydrogen-bond acceptors (Lipinski definition) is 1. The number of rotatable bonds is 2. The summed E-state index contributed by atoms with van der Waals surface area (Å²) >= 11 is 0. The summed E-state index contributed by atoms with van der Waals surface area (Å²) in [6.07, 6.45) is 4.23. The molecule has 1 saturated heterocycles. The number of carbonyl (C=O) groups is 1. The molecule has 0 aromatic carbocycles. The lowest BCUT2D eigenvalue weighted by Gasteiger charge is -2.18. The minimum absolute atomic E-state index is 0.429. The molecule has 0 aromatic rings. The lowest BCUT2D eigenvalue weighted by Crippen LogP contribution is -2.18. The van der Waals surface area contributed by atoms with E-state index in [0.29, 0.717) is 5.78 Å². The summed E-state index contributed by atoms with van der Waals surface area (Å²) in [6.45, 7) is 1.74. The van der Waals surface area contributed by atoms with Crippen LogP contribution in [0, 0.1) is 0 Å². The molecule has 1 nitrogen and oxygen atoms in total. The molecule has 0 aromatic heterocycles. The molecular formula is C8H16OSi. The van der Waals surface area contributed by atoms with Gasteiger partial charge >= 0.3 is 0 Å². The third-order valence-electron chi connectivity index (χ3n) is 2.30. The quantitative estimate of drug-likeness (QED) is 0.559. The van der Waals surface area contributed by atoms with Crippen molar-refractivity contribution < 1.29 is 4.79 Å². The highest BCUT2D eigenvalue weighted by Crippen LogP contribution is 2.21. The van der Waals surface area contributed by atoms with Gasteiger partial charge in [0.25, 0.3) is 0 Å². The van der Waals surface area contributed by atoms with Crippen molar-refractivity contribution in [2.45, 2.75) is 44.3 Å². The highest BCUT2D eigenvalue weighted by Gasteiger charge is 2.15. The summed E-state index contributed by atoms with van der Waals surface area (Å²) in [7, 11) is -0.534. The van der Waals surface area contributed by atoms with Gasteiger partial charge in [0.15, 0.2) is 0 Å². The van der Waals surface area contributed by atoms with Gasteiger partial charge in [0, 0.05) is 8.80 Å². The molecule has 10 heavy (non-hydrogen) atoms. The summed E-state index contributed by atoms with van der Waals surface area (Å²) in [5.41, 5.74) is 0. The Morgan fingerprint density at radius 2 is 1.90 bits per heavy atom. The zero-order chi connectivity index (χ0) is 7.40. The second kappa shape index (κ2) is 3.91. The van der Waals surface area contributed by atoms with Crippen molar-refractivity contribution in [1.29, 1.82) is 0 Å². The van der Waals surface area contributed by atoms with Crippen LogP contribution in [0.25, 0.3) is 0 Å². The van der Waals surface area contributed by atoms with Gasteiger partial charge in [-0.1, -0.05) is 31.4 Å². The van der Waals surface area contributed by atoms with Crippen LogP contribution in [0.2, 0.25) is 18.1 Å². The predicted molar refractivity (Wildman–Crippen MR) is 46.1 cm³/mol. The first kappa shape index (κ1) is 7.99. The molecule has 0 atom stereocenters. The Bertz CT molecular complexity index is 116. The maximum Gasteiger partial charge on any atom is 0.126 e. The Hall–Kier alpha value is -0.113. The molecule has 0 saturated carbocycles. The van der Waals surface area contributed by atoms with Crippen molar-refractivity contribution in [2.75, 3.05) is 0 Å². The Morgan fingerprint density at radius 3 is 2.40 bits per heavy atom. The molecule has 1 aliphatic heterocycles. The third kappa shape index (κ3) is 2.65. The number of ketones is 1. The minimum atomic E-state index is -0.534. The third-order valence-corrected chi connectivity index (χ3v) is 5.90. The average Bonchev–Trinajstić information content (AvgIpc) is 1.88. The standard InChI is InChI=1S/C8H16OSi/c1-8(9)7-10-5-3-2-4-6-10/h10H,2-7H2,1H3. The van der Waals surface area contributed by atoms with E-state index in [-0.39, 0.29) is 0 Å². The van der Waals surface area contributed by atoms with Gasteiger partial charge in [-0.3, -0.25) is 0 Å². The first-order valence-corrected chi connectivity index (χ1v) is 6.73. The summed E-state index contributed by atoms with van der Waals surface area (Å²) < 4.78 is 0. The van der Waals surface area contributed by atoms with E-state index in [0.717, 1.165) is 6.04 Å².